The molecule has 102 valence electrons. The Kier molecular flexibility index (Phi) is 5.22. The van der Waals surface area contributed by atoms with Crippen molar-refractivity contribution >= 4 is 31.5 Å². The lowest BCUT2D eigenvalue weighted by Crippen LogP contribution is -2.23. The van der Waals surface area contributed by atoms with Gasteiger partial charge in [0.25, 0.3) is 0 Å². The van der Waals surface area contributed by atoms with Crippen LogP contribution in [0.3, 0.4) is 0 Å². The van der Waals surface area contributed by atoms with E-state index in [0.29, 0.717) is 6.54 Å². The van der Waals surface area contributed by atoms with E-state index >= 15 is 0 Å². The van der Waals surface area contributed by atoms with Crippen LogP contribution in [-0.4, -0.2) is 26.0 Å². The van der Waals surface area contributed by atoms with Gasteiger partial charge in [0.1, 0.15) is 0 Å². The van der Waals surface area contributed by atoms with Crippen molar-refractivity contribution in [3.8, 4) is 0 Å². The largest absolute Gasteiger partial charge is 0.384 e. The molecular weight excluding hydrogens is 314 g/mol. The quantitative estimate of drug-likeness (QED) is 0.899. The van der Waals surface area contributed by atoms with Gasteiger partial charge >= 0.3 is 0 Å². The Labute approximate surface area is 118 Å². The number of aryl methyl sites for hydroxylation is 2. The molecule has 0 aliphatic heterocycles. The third-order valence-electron chi connectivity index (χ3n) is 2.90. The van der Waals surface area contributed by atoms with Crippen molar-refractivity contribution in [3.63, 3.8) is 0 Å². The van der Waals surface area contributed by atoms with E-state index in [0.717, 1.165) is 21.3 Å². The lowest BCUT2D eigenvalue weighted by molar-refractivity contribution is 0.588. The standard InChI is InChI=1S/C13H20BrNO2S/c1-9(2)18(16,17)6-5-15-13-10(3)7-12(14)8-11(13)4/h7-9,15H,5-6H2,1-4H3. The predicted molar refractivity (Wildman–Crippen MR) is 81.0 cm³/mol. The van der Waals surface area contributed by atoms with Crippen LogP contribution < -0.4 is 5.32 Å². The second-order valence-electron chi connectivity index (χ2n) is 4.76. The number of benzene rings is 1. The summed E-state index contributed by atoms with van der Waals surface area (Å²) in [6, 6.07) is 4.04. The van der Waals surface area contributed by atoms with Crippen molar-refractivity contribution < 1.29 is 8.42 Å². The molecule has 3 nitrogen and oxygen atoms in total. The summed E-state index contributed by atoms with van der Waals surface area (Å²) in [6.45, 7) is 7.90. The molecule has 0 aromatic heterocycles. The topological polar surface area (TPSA) is 46.2 Å². The van der Waals surface area contributed by atoms with Crippen molar-refractivity contribution in [2.24, 2.45) is 0 Å². The SMILES string of the molecule is Cc1cc(Br)cc(C)c1NCCS(=O)(=O)C(C)C. The lowest BCUT2D eigenvalue weighted by atomic mass is 10.1. The van der Waals surface area contributed by atoms with Gasteiger partial charge in [-0.05, 0) is 51.0 Å². The molecule has 1 N–H and O–H groups in total. The molecule has 0 spiro atoms. The van der Waals surface area contributed by atoms with E-state index in [4.69, 9.17) is 0 Å². The van der Waals surface area contributed by atoms with Crippen LogP contribution in [-0.2, 0) is 9.84 Å². The van der Waals surface area contributed by atoms with Crippen molar-refractivity contribution in [3.05, 3.63) is 27.7 Å². The molecular formula is C13H20BrNO2S. The zero-order valence-corrected chi connectivity index (χ0v) is 13.7. The highest BCUT2D eigenvalue weighted by Crippen LogP contribution is 2.24. The summed E-state index contributed by atoms with van der Waals surface area (Å²) in [5.74, 6) is 0.166. The summed E-state index contributed by atoms with van der Waals surface area (Å²) in [5, 5.41) is 2.91. The number of rotatable bonds is 5. The normalized spacial score (nSPS) is 11.9. The number of hydrogen-bond donors (Lipinski definition) is 1. The molecule has 1 rings (SSSR count). The van der Waals surface area contributed by atoms with Crippen LogP contribution in [0, 0.1) is 13.8 Å². The molecule has 0 aliphatic rings. The maximum atomic E-state index is 11.7. The summed E-state index contributed by atoms with van der Waals surface area (Å²) in [5.41, 5.74) is 3.25. The van der Waals surface area contributed by atoms with Gasteiger partial charge in [-0.3, -0.25) is 0 Å². The minimum atomic E-state index is -2.97. The molecule has 18 heavy (non-hydrogen) atoms. The number of anilines is 1. The molecule has 0 radical (unpaired) electrons. The Hall–Kier alpha value is -0.550. The molecule has 0 bridgehead atoms. The molecule has 1 aromatic rings. The van der Waals surface area contributed by atoms with E-state index in [9.17, 15) is 8.42 Å². The number of halogens is 1. The van der Waals surface area contributed by atoms with Crippen molar-refractivity contribution in [1.29, 1.82) is 0 Å². The molecule has 0 atom stereocenters. The van der Waals surface area contributed by atoms with Crippen LogP contribution >= 0.6 is 15.9 Å². The Morgan fingerprint density at radius 2 is 1.72 bits per heavy atom. The fourth-order valence-corrected chi connectivity index (χ4v) is 3.29. The lowest BCUT2D eigenvalue weighted by Gasteiger charge is -2.14. The maximum absolute atomic E-state index is 11.7. The van der Waals surface area contributed by atoms with Crippen molar-refractivity contribution in [2.45, 2.75) is 32.9 Å². The van der Waals surface area contributed by atoms with Gasteiger partial charge < -0.3 is 5.32 Å². The maximum Gasteiger partial charge on any atom is 0.154 e. The third kappa shape index (κ3) is 3.99. The molecule has 5 heteroatoms. The van der Waals surface area contributed by atoms with Gasteiger partial charge in [0.05, 0.1) is 11.0 Å². The summed E-state index contributed by atoms with van der Waals surface area (Å²) in [6.07, 6.45) is 0. The second-order valence-corrected chi connectivity index (χ2v) is 8.35. The minimum absolute atomic E-state index is 0.166. The van der Waals surface area contributed by atoms with Gasteiger partial charge in [-0.1, -0.05) is 15.9 Å². The van der Waals surface area contributed by atoms with Crippen LogP contribution in [0.5, 0.6) is 0 Å². The van der Waals surface area contributed by atoms with E-state index < -0.39 is 9.84 Å². The molecule has 0 saturated carbocycles. The molecule has 0 fully saturated rings. The number of hydrogen-bond acceptors (Lipinski definition) is 3. The average molecular weight is 334 g/mol. The Balaban J connectivity index is 2.71. The van der Waals surface area contributed by atoms with Gasteiger partial charge in [0.15, 0.2) is 9.84 Å². The summed E-state index contributed by atoms with van der Waals surface area (Å²) in [7, 11) is -2.97. The zero-order chi connectivity index (χ0) is 13.9. The monoisotopic (exact) mass is 333 g/mol. The van der Waals surface area contributed by atoms with E-state index in [1.165, 1.54) is 0 Å². The fourth-order valence-electron chi connectivity index (χ4n) is 1.74. The molecule has 0 unspecified atom stereocenters. The third-order valence-corrected chi connectivity index (χ3v) is 5.57. The van der Waals surface area contributed by atoms with Crippen LogP contribution in [0.1, 0.15) is 25.0 Å². The predicted octanol–water partition coefficient (Wildman–Crippen LogP) is 3.30. The van der Waals surface area contributed by atoms with Gasteiger partial charge in [0, 0.05) is 16.7 Å². The smallest absolute Gasteiger partial charge is 0.154 e. The van der Waals surface area contributed by atoms with Crippen LogP contribution in [0.4, 0.5) is 5.69 Å². The average Bonchev–Trinajstić information content (AvgIpc) is 2.21. The van der Waals surface area contributed by atoms with Gasteiger partial charge in [-0.25, -0.2) is 8.42 Å². The van der Waals surface area contributed by atoms with E-state index in [2.05, 4.69) is 21.2 Å². The van der Waals surface area contributed by atoms with E-state index in [-0.39, 0.29) is 11.0 Å². The van der Waals surface area contributed by atoms with Gasteiger partial charge in [-0.15, -0.1) is 0 Å². The van der Waals surface area contributed by atoms with Crippen LogP contribution in [0.15, 0.2) is 16.6 Å². The van der Waals surface area contributed by atoms with Crippen LogP contribution in [0.2, 0.25) is 0 Å². The highest BCUT2D eigenvalue weighted by Gasteiger charge is 2.15. The zero-order valence-electron chi connectivity index (χ0n) is 11.2. The second kappa shape index (κ2) is 6.06. The first-order valence-electron chi connectivity index (χ1n) is 5.96. The van der Waals surface area contributed by atoms with Crippen LogP contribution in [0.25, 0.3) is 0 Å². The van der Waals surface area contributed by atoms with Crippen molar-refractivity contribution in [1.82, 2.24) is 0 Å². The first-order chi connectivity index (χ1) is 8.24. The first kappa shape index (κ1) is 15.5. The van der Waals surface area contributed by atoms with E-state index in [1.54, 1.807) is 13.8 Å². The summed E-state index contributed by atoms with van der Waals surface area (Å²) in [4.78, 5) is 0. The van der Waals surface area contributed by atoms with Crippen molar-refractivity contribution in [2.75, 3.05) is 17.6 Å². The fraction of sp³-hybridized carbons (Fsp3) is 0.538. The summed E-state index contributed by atoms with van der Waals surface area (Å²) >= 11 is 3.44. The molecule has 0 aliphatic carbocycles. The highest BCUT2D eigenvalue weighted by molar-refractivity contribution is 9.10. The molecule has 0 amide bonds. The summed E-state index contributed by atoms with van der Waals surface area (Å²) < 4.78 is 24.4. The van der Waals surface area contributed by atoms with Gasteiger partial charge in [-0.2, -0.15) is 0 Å². The number of sulfone groups is 1. The Morgan fingerprint density at radius 1 is 1.22 bits per heavy atom. The Morgan fingerprint density at radius 3 is 2.17 bits per heavy atom. The van der Waals surface area contributed by atoms with E-state index in [1.807, 2.05) is 26.0 Å². The molecule has 0 heterocycles. The Bertz CT molecular complexity index is 501. The molecule has 1 aromatic carbocycles. The number of nitrogens with one attached hydrogen (secondary N) is 1. The minimum Gasteiger partial charge on any atom is -0.384 e. The van der Waals surface area contributed by atoms with Gasteiger partial charge in [0.2, 0.25) is 0 Å². The molecule has 0 saturated heterocycles. The first-order valence-corrected chi connectivity index (χ1v) is 8.47. The highest BCUT2D eigenvalue weighted by atomic mass is 79.9.